The number of rotatable bonds is 6. The summed E-state index contributed by atoms with van der Waals surface area (Å²) in [6.45, 7) is 3.30. The zero-order valence-electron chi connectivity index (χ0n) is 16.1. The topological polar surface area (TPSA) is 104 Å². The van der Waals surface area contributed by atoms with Crippen molar-refractivity contribution in [2.24, 2.45) is 0 Å². The minimum absolute atomic E-state index is 0.135. The third kappa shape index (κ3) is 4.12. The highest BCUT2D eigenvalue weighted by atomic mass is 19.1. The van der Waals surface area contributed by atoms with Gasteiger partial charge in [-0.15, -0.1) is 0 Å². The highest BCUT2D eigenvalue weighted by Crippen LogP contribution is 2.26. The molecule has 8 heteroatoms. The quantitative estimate of drug-likeness (QED) is 0.588. The Bertz CT molecular complexity index is 1110. The van der Waals surface area contributed by atoms with Gasteiger partial charge in [-0.2, -0.15) is 0 Å². The molecule has 3 rings (SSSR count). The summed E-state index contributed by atoms with van der Waals surface area (Å²) in [5, 5.41) is 22.2. The number of carbonyl (C=O) groups is 1. The molecule has 1 atom stereocenters. The summed E-state index contributed by atoms with van der Waals surface area (Å²) in [6, 6.07) is 7.23. The molecule has 0 saturated carbocycles. The maximum Gasteiger partial charge on any atom is 0.267 e. The normalized spacial score (nSPS) is 12.1. The van der Waals surface area contributed by atoms with Crippen molar-refractivity contribution in [2.45, 2.75) is 32.9 Å². The minimum atomic E-state index is -0.768. The fraction of sp³-hybridized carbons (Fsp3) is 0.286. The second-order valence-electron chi connectivity index (χ2n) is 6.84. The highest BCUT2D eigenvalue weighted by molar-refractivity contribution is 6.01. The predicted molar refractivity (Wildman–Crippen MR) is 107 cm³/mol. The fourth-order valence-corrected chi connectivity index (χ4v) is 3.14. The van der Waals surface area contributed by atoms with Gasteiger partial charge in [0.2, 0.25) is 0 Å². The molecule has 0 unspecified atom stereocenters. The van der Waals surface area contributed by atoms with Crippen molar-refractivity contribution in [3.05, 3.63) is 69.4 Å². The van der Waals surface area contributed by atoms with Crippen LogP contribution in [0.1, 0.15) is 35.3 Å². The van der Waals surface area contributed by atoms with Gasteiger partial charge in [-0.25, -0.2) is 4.39 Å². The molecule has 0 saturated heterocycles. The molecule has 7 nitrogen and oxygen atoms in total. The molecule has 0 aliphatic heterocycles. The van der Waals surface area contributed by atoms with E-state index >= 15 is 0 Å². The number of aromatic hydroxyl groups is 1. The molecule has 3 N–H and O–H groups in total. The van der Waals surface area contributed by atoms with E-state index in [0.717, 1.165) is 11.1 Å². The third-order valence-electron chi connectivity index (χ3n) is 4.65. The number of pyridine rings is 2. The summed E-state index contributed by atoms with van der Waals surface area (Å²) in [5.41, 5.74) is 1.14. The number of halogens is 1. The SMILES string of the molecule is CCn1c(=O)c(C(=O)N[C@@H](C)CO)c(O)c2ncc(Cc3ccc(F)cc3)cc21. The summed E-state index contributed by atoms with van der Waals surface area (Å²) >= 11 is 0. The first-order valence-corrected chi connectivity index (χ1v) is 9.26. The lowest BCUT2D eigenvalue weighted by molar-refractivity contribution is 0.0917. The predicted octanol–water partition coefficient (Wildman–Crippen LogP) is 1.96. The number of aryl methyl sites for hydroxylation is 1. The molecule has 0 fully saturated rings. The summed E-state index contributed by atoms with van der Waals surface area (Å²) in [7, 11) is 0. The van der Waals surface area contributed by atoms with Gasteiger partial charge < -0.3 is 20.1 Å². The van der Waals surface area contributed by atoms with E-state index in [2.05, 4.69) is 10.3 Å². The van der Waals surface area contributed by atoms with E-state index in [4.69, 9.17) is 5.11 Å². The van der Waals surface area contributed by atoms with Gasteiger partial charge in [-0.3, -0.25) is 14.6 Å². The molecule has 1 aromatic carbocycles. The van der Waals surface area contributed by atoms with Gasteiger partial charge in [0.05, 0.1) is 12.1 Å². The molecular weight excluding hydrogens is 377 g/mol. The van der Waals surface area contributed by atoms with Crippen molar-refractivity contribution >= 4 is 16.9 Å². The molecule has 3 aromatic rings. The minimum Gasteiger partial charge on any atom is -0.505 e. The Kier molecular flexibility index (Phi) is 5.93. The van der Waals surface area contributed by atoms with Crippen molar-refractivity contribution in [3.63, 3.8) is 0 Å². The first-order valence-electron chi connectivity index (χ1n) is 9.26. The summed E-state index contributed by atoms with van der Waals surface area (Å²) in [6.07, 6.45) is 2.02. The number of aliphatic hydroxyl groups excluding tert-OH is 1. The molecule has 0 aliphatic rings. The number of hydrogen-bond donors (Lipinski definition) is 3. The maximum atomic E-state index is 13.1. The van der Waals surface area contributed by atoms with Crippen LogP contribution in [0.15, 0.2) is 41.3 Å². The molecule has 2 aromatic heterocycles. The standard InChI is InChI=1S/C21H22FN3O4/c1-3-25-16-9-14(8-13-4-6-15(22)7-5-13)10-23-18(16)19(27)17(21(25)29)20(28)24-12(2)11-26/h4-7,9-10,12,26-27H,3,8,11H2,1-2H3,(H,24,28)/t12-/m0/s1. The maximum absolute atomic E-state index is 13.1. The lowest BCUT2D eigenvalue weighted by Gasteiger charge is -2.15. The van der Waals surface area contributed by atoms with Gasteiger partial charge in [0.15, 0.2) is 5.75 Å². The van der Waals surface area contributed by atoms with Gasteiger partial charge in [0.1, 0.15) is 16.9 Å². The van der Waals surface area contributed by atoms with E-state index in [-0.39, 0.29) is 24.5 Å². The van der Waals surface area contributed by atoms with Crippen LogP contribution in [0.2, 0.25) is 0 Å². The number of aromatic nitrogens is 2. The summed E-state index contributed by atoms with van der Waals surface area (Å²) in [5.74, 6) is -1.59. The van der Waals surface area contributed by atoms with E-state index in [1.807, 2.05) is 0 Å². The van der Waals surface area contributed by atoms with Crippen molar-refractivity contribution in [2.75, 3.05) is 6.61 Å². The Labute approximate surface area is 166 Å². The zero-order chi connectivity index (χ0) is 21.1. The number of amides is 1. The van der Waals surface area contributed by atoms with Gasteiger partial charge in [0.25, 0.3) is 11.5 Å². The Morgan fingerprint density at radius 3 is 2.59 bits per heavy atom. The van der Waals surface area contributed by atoms with E-state index in [1.54, 1.807) is 38.2 Å². The average molecular weight is 399 g/mol. The van der Waals surface area contributed by atoms with Crippen LogP contribution in [-0.4, -0.2) is 38.3 Å². The molecule has 1 amide bonds. The number of aliphatic hydroxyl groups is 1. The molecule has 0 spiro atoms. The first-order chi connectivity index (χ1) is 13.8. The van der Waals surface area contributed by atoms with Gasteiger partial charge in [-0.1, -0.05) is 12.1 Å². The summed E-state index contributed by atoms with van der Waals surface area (Å²) in [4.78, 5) is 29.6. The molecule has 2 heterocycles. The largest absolute Gasteiger partial charge is 0.505 e. The number of hydrogen-bond acceptors (Lipinski definition) is 5. The molecule has 0 radical (unpaired) electrons. The van der Waals surface area contributed by atoms with Crippen molar-refractivity contribution in [1.82, 2.24) is 14.9 Å². The second-order valence-corrected chi connectivity index (χ2v) is 6.84. The van der Waals surface area contributed by atoms with Crippen LogP contribution in [0.4, 0.5) is 4.39 Å². The van der Waals surface area contributed by atoms with Crippen molar-refractivity contribution < 1.29 is 19.4 Å². The van der Waals surface area contributed by atoms with Crippen LogP contribution >= 0.6 is 0 Å². The highest BCUT2D eigenvalue weighted by Gasteiger charge is 2.23. The Morgan fingerprint density at radius 1 is 1.28 bits per heavy atom. The van der Waals surface area contributed by atoms with Gasteiger partial charge in [-0.05, 0) is 49.6 Å². The van der Waals surface area contributed by atoms with Crippen LogP contribution in [0.3, 0.4) is 0 Å². The van der Waals surface area contributed by atoms with E-state index in [0.29, 0.717) is 11.9 Å². The Balaban J connectivity index is 2.09. The lowest BCUT2D eigenvalue weighted by Crippen LogP contribution is -2.39. The third-order valence-corrected chi connectivity index (χ3v) is 4.65. The number of carbonyl (C=O) groups excluding carboxylic acids is 1. The lowest BCUT2D eigenvalue weighted by atomic mass is 10.1. The molecular formula is C21H22FN3O4. The van der Waals surface area contributed by atoms with Crippen LogP contribution in [0, 0.1) is 5.82 Å². The molecule has 0 bridgehead atoms. The smallest absolute Gasteiger partial charge is 0.267 e. The van der Waals surface area contributed by atoms with E-state index in [1.165, 1.54) is 16.7 Å². The van der Waals surface area contributed by atoms with E-state index in [9.17, 15) is 19.1 Å². The Hall–Kier alpha value is -3.26. The molecule has 29 heavy (non-hydrogen) atoms. The fourth-order valence-electron chi connectivity index (χ4n) is 3.14. The van der Waals surface area contributed by atoms with Crippen LogP contribution in [0.5, 0.6) is 5.75 Å². The van der Waals surface area contributed by atoms with Crippen LogP contribution in [-0.2, 0) is 13.0 Å². The monoisotopic (exact) mass is 399 g/mol. The van der Waals surface area contributed by atoms with Crippen LogP contribution in [0.25, 0.3) is 11.0 Å². The second kappa shape index (κ2) is 8.40. The first kappa shape index (κ1) is 20.5. The molecule has 0 aliphatic carbocycles. The Morgan fingerprint density at radius 2 is 1.97 bits per heavy atom. The zero-order valence-corrected chi connectivity index (χ0v) is 16.1. The van der Waals surface area contributed by atoms with Crippen LogP contribution < -0.4 is 10.9 Å². The number of benzene rings is 1. The average Bonchev–Trinajstić information content (AvgIpc) is 2.70. The summed E-state index contributed by atoms with van der Waals surface area (Å²) < 4.78 is 14.5. The van der Waals surface area contributed by atoms with Gasteiger partial charge >= 0.3 is 0 Å². The van der Waals surface area contributed by atoms with Crippen molar-refractivity contribution in [3.8, 4) is 5.75 Å². The van der Waals surface area contributed by atoms with Gasteiger partial charge in [0, 0.05) is 18.8 Å². The molecule has 152 valence electrons. The number of nitrogens with zero attached hydrogens (tertiary/aromatic N) is 2. The number of nitrogens with one attached hydrogen (secondary N) is 1. The van der Waals surface area contributed by atoms with E-state index < -0.39 is 28.8 Å². The number of fused-ring (bicyclic) bond motifs is 1. The van der Waals surface area contributed by atoms with Crippen molar-refractivity contribution in [1.29, 1.82) is 0 Å².